The summed E-state index contributed by atoms with van der Waals surface area (Å²) in [6.07, 6.45) is 0. The van der Waals surface area contributed by atoms with Crippen LogP contribution in [0.4, 0.5) is 5.69 Å². The van der Waals surface area contributed by atoms with Gasteiger partial charge in [-0.05, 0) is 30.3 Å². The fraction of sp³-hybridized carbons (Fsp3) is 0.0714. The van der Waals surface area contributed by atoms with E-state index in [4.69, 9.17) is 5.73 Å². The van der Waals surface area contributed by atoms with Gasteiger partial charge in [-0.15, -0.1) is 5.10 Å². The molecule has 1 amide bonds. The zero-order valence-corrected chi connectivity index (χ0v) is 10.9. The number of para-hydroxylation sites is 1. The molecule has 100 valence electrons. The van der Waals surface area contributed by atoms with E-state index in [1.807, 2.05) is 24.3 Å². The second-order valence-corrected chi connectivity index (χ2v) is 4.34. The summed E-state index contributed by atoms with van der Waals surface area (Å²) in [6.45, 7) is 0. The van der Waals surface area contributed by atoms with Gasteiger partial charge < -0.3 is 11.1 Å². The van der Waals surface area contributed by atoms with Crippen LogP contribution >= 0.6 is 0 Å². The zero-order valence-electron chi connectivity index (χ0n) is 10.9. The van der Waals surface area contributed by atoms with Crippen molar-refractivity contribution >= 4 is 22.6 Å². The van der Waals surface area contributed by atoms with Gasteiger partial charge in [-0.3, -0.25) is 4.79 Å². The molecule has 0 aliphatic rings. The summed E-state index contributed by atoms with van der Waals surface area (Å²) in [5, 5.41) is 10.8. The Morgan fingerprint density at radius 3 is 2.85 bits per heavy atom. The molecule has 2 aromatic carbocycles. The Hall–Kier alpha value is -2.89. The van der Waals surface area contributed by atoms with Crippen LogP contribution in [0, 0.1) is 0 Å². The number of anilines is 1. The SMILES string of the molecule is CNC(=O)c1ccc(N)c(-n2nnc3ccccc32)c1. The summed E-state index contributed by atoms with van der Waals surface area (Å²) in [4.78, 5) is 11.7. The first-order valence-corrected chi connectivity index (χ1v) is 6.13. The molecule has 3 aromatic rings. The molecule has 0 bridgehead atoms. The number of benzene rings is 2. The minimum atomic E-state index is -0.171. The van der Waals surface area contributed by atoms with Crippen molar-refractivity contribution < 1.29 is 4.79 Å². The standard InChI is InChI=1S/C14H13N5O/c1-16-14(20)9-6-7-10(15)13(8-9)19-12-5-3-2-4-11(12)17-18-19/h2-8H,15H2,1H3,(H,16,20). The van der Waals surface area contributed by atoms with Crippen LogP contribution in [0.25, 0.3) is 16.7 Å². The van der Waals surface area contributed by atoms with Gasteiger partial charge in [0.05, 0.1) is 16.9 Å². The number of amides is 1. The molecule has 0 radical (unpaired) electrons. The summed E-state index contributed by atoms with van der Waals surface area (Å²) < 4.78 is 1.64. The van der Waals surface area contributed by atoms with Crippen LogP contribution in [0.2, 0.25) is 0 Å². The van der Waals surface area contributed by atoms with Crippen molar-refractivity contribution in [3.05, 3.63) is 48.0 Å². The Bertz CT molecular complexity index is 793. The normalized spacial score (nSPS) is 10.7. The first-order valence-electron chi connectivity index (χ1n) is 6.13. The third kappa shape index (κ3) is 1.87. The van der Waals surface area contributed by atoms with Gasteiger partial charge in [0.1, 0.15) is 5.52 Å². The minimum absolute atomic E-state index is 0.171. The quantitative estimate of drug-likeness (QED) is 0.686. The van der Waals surface area contributed by atoms with E-state index in [-0.39, 0.29) is 5.91 Å². The molecule has 0 saturated heterocycles. The third-order valence-electron chi connectivity index (χ3n) is 3.10. The first-order chi connectivity index (χ1) is 9.70. The predicted octanol–water partition coefficient (Wildman–Crippen LogP) is 1.36. The van der Waals surface area contributed by atoms with E-state index in [1.54, 1.807) is 29.9 Å². The Balaban J connectivity index is 2.21. The molecule has 1 heterocycles. The lowest BCUT2D eigenvalue weighted by molar-refractivity contribution is 0.0963. The van der Waals surface area contributed by atoms with Crippen LogP contribution in [0.1, 0.15) is 10.4 Å². The van der Waals surface area contributed by atoms with Gasteiger partial charge in [0.25, 0.3) is 5.91 Å². The lowest BCUT2D eigenvalue weighted by Crippen LogP contribution is -2.18. The van der Waals surface area contributed by atoms with Crippen LogP contribution in [-0.4, -0.2) is 27.9 Å². The van der Waals surface area contributed by atoms with Gasteiger partial charge in [0.15, 0.2) is 0 Å². The average Bonchev–Trinajstić information content (AvgIpc) is 2.91. The fourth-order valence-corrected chi connectivity index (χ4v) is 2.06. The number of hydrogen-bond donors (Lipinski definition) is 2. The van der Waals surface area contributed by atoms with Crippen LogP contribution in [-0.2, 0) is 0 Å². The molecule has 3 rings (SSSR count). The largest absolute Gasteiger partial charge is 0.397 e. The molecule has 0 atom stereocenters. The zero-order chi connectivity index (χ0) is 14.1. The van der Waals surface area contributed by atoms with Crippen molar-refractivity contribution in [3.8, 4) is 5.69 Å². The summed E-state index contributed by atoms with van der Waals surface area (Å²) >= 11 is 0. The molecule has 0 aliphatic heterocycles. The maximum atomic E-state index is 11.7. The minimum Gasteiger partial charge on any atom is -0.397 e. The van der Waals surface area contributed by atoms with Crippen molar-refractivity contribution in [3.63, 3.8) is 0 Å². The van der Waals surface area contributed by atoms with E-state index < -0.39 is 0 Å². The average molecular weight is 267 g/mol. The molecule has 6 nitrogen and oxygen atoms in total. The van der Waals surface area contributed by atoms with Crippen molar-refractivity contribution in [2.24, 2.45) is 0 Å². The number of carbonyl (C=O) groups excluding carboxylic acids is 1. The summed E-state index contributed by atoms with van der Waals surface area (Å²) in [5.74, 6) is -0.171. The van der Waals surface area contributed by atoms with Gasteiger partial charge >= 0.3 is 0 Å². The third-order valence-corrected chi connectivity index (χ3v) is 3.10. The number of nitrogens with one attached hydrogen (secondary N) is 1. The molecular formula is C14H13N5O. The number of carbonyl (C=O) groups is 1. The van der Waals surface area contributed by atoms with E-state index in [2.05, 4.69) is 15.6 Å². The number of aromatic nitrogens is 3. The molecule has 6 heteroatoms. The summed E-state index contributed by atoms with van der Waals surface area (Å²) in [6, 6.07) is 12.6. The molecule has 0 aliphatic carbocycles. The van der Waals surface area contributed by atoms with E-state index >= 15 is 0 Å². The highest BCUT2D eigenvalue weighted by molar-refractivity contribution is 5.95. The Labute approximate surface area is 115 Å². The second kappa shape index (κ2) is 4.65. The number of nitrogens with zero attached hydrogens (tertiary/aromatic N) is 3. The number of nitrogen functional groups attached to an aromatic ring is 1. The predicted molar refractivity (Wildman–Crippen MR) is 76.7 cm³/mol. The number of fused-ring (bicyclic) bond motifs is 1. The Morgan fingerprint density at radius 2 is 2.05 bits per heavy atom. The highest BCUT2D eigenvalue weighted by atomic mass is 16.1. The summed E-state index contributed by atoms with van der Waals surface area (Å²) in [5.41, 5.74) is 9.31. The van der Waals surface area contributed by atoms with E-state index in [1.165, 1.54) is 0 Å². The monoisotopic (exact) mass is 267 g/mol. The molecule has 3 N–H and O–H groups in total. The number of nitrogens with two attached hydrogens (primary N) is 1. The lowest BCUT2D eigenvalue weighted by Gasteiger charge is -2.08. The maximum absolute atomic E-state index is 11.7. The van der Waals surface area contributed by atoms with Crippen LogP contribution in [0.3, 0.4) is 0 Å². The van der Waals surface area contributed by atoms with E-state index in [0.29, 0.717) is 16.9 Å². The smallest absolute Gasteiger partial charge is 0.251 e. The Morgan fingerprint density at radius 1 is 1.25 bits per heavy atom. The molecule has 20 heavy (non-hydrogen) atoms. The molecule has 0 spiro atoms. The molecule has 0 unspecified atom stereocenters. The molecular weight excluding hydrogens is 254 g/mol. The molecule has 0 fully saturated rings. The number of hydrogen-bond acceptors (Lipinski definition) is 4. The van der Waals surface area contributed by atoms with E-state index in [0.717, 1.165) is 11.0 Å². The summed E-state index contributed by atoms with van der Waals surface area (Å²) in [7, 11) is 1.59. The van der Waals surface area contributed by atoms with Gasteiger partial charge in [-0.25, -0.2) is 4.68 Å². The Kier molecular flexibility index (Phi) is 2.83. The topological polar surface area (TPSA) is 85.8 Å². The van der Waals surface area contributed by atoms with Crippen molar-refractivity contribution in [2.75, 3.05) is 12.8 Å². The molecule has 1 aromatic heterocycles. The van der Waals surface area contributed by atoms with Crippen LogP contribution in [0.5, 0.6) is 0 Å². The lowest BCUT2D eigenvalue weighted by atomic mass is 10.1. The maximum Gasteiger partial charge on any atom is 0.251 e. The van der Waals surface area contributed by atoms with Gasteiger partial charge in [-0.1, -0.05) is 17.3 Å². The van der Waals surface area contributed by atoms with Crippen molar-refractivity contribution in [1.29, 1.82) is 0 Å². The van der Waals surface area contributed by atoms with Crippen LogP contribution < -0.4 is 11.1 Å². The second-order valence-electron chi connectivity index (χ2n) is 4.34. The van der Waals surface area contributed by atoms with Gasteiger partial charge in [0.2, 0.25) is 0 Å². The van der Waals surface area contributed by atoms with Gasteiger partial charge in [0, 0.05) is 12.6 Å². The van der Waals surface area contributed by atoms with Crippen LogP contribution in [0.15, 0.2) is 42.5 Å². The van der Waals surface area contributed by atoms with Crippen molar-refractivity contribution in [2.45, 2.75) is 0 Å². The van der Waals surface area contributed by atoms with Crippen molar-refractivity contribution in [1.82, 2.24) is 20.3 Å². The fourth-order valence-electron chi connectivity index (χ4n) is 2.06. The first kappa shape index (κ1) is 12.2. The van der Waals surface area contributed by atoms with Gasteiger partial charge in [-0.2, -0.15) is 0 Å². The molecule has 0 saturated carbocycles. The highest BCUT2D eigenvalue weighted by Crippen LogP contribution is 2.22. The number of rotatable bonds is 2. The van der Waals surface area contributed by atoms with E-state index in [9.17, 15) is 4.79 Å². The highest BCUT2D eigenvalue weighted by Gasteiger charge is 2.12.